The third-order valence-corrected chi connectivity index (χ3v) is 1.73. The first-order valence-corrected chi connectivity index (χ1v) is 4.60. The van der Waals surface area contributed by atoms with Gasteiger partial charge in [-0.2, -0.15) is 0 Å². The monoisotopic (exact) mass is 212 g/mol. The van der Waals surface area contributed by atoms with Crippen LogP contribution in [0.3, 0.4) is 0 Å². The van der Waals surface area contributed by atoms with Crippen LogP contribution in [0.15, 0.2) is 23.8 Å². The van der Waals surface area contributed by atoms with E-state index in [-0.39, 0.29) is 11.9 Å². The molecule has 0 spiro atoms. The number of esters is 2. The molecule has 0 saturated heterocycles. The van der Waals surface area contributed by atoms with Gasteiger partial charge in [0.1, 0.15) is 0 Å². The standard InChI is InChI=1S/C11H16O4/c1-9(11(13)15-3)7-5-4-6-8-10(12)14-2/h4-5,7H,6,8H2,1-3H3/b5-4+,9-7+. The molecular weight excluding hydrogens is 196 g/mol. The summed E-state index contributed by atoms with van der Waals surface area (Å²) in [7, 11) is 2.69. The lowest BCUT2D eigenvalue weighted by molar-refractivity contribution is -0.140. The molecule has 0 aromatic rings. The van der Waals surface area contributed by atoms with Gasteiger partial charge in [0, 0.05) is 12.0 Å². The van der Waals surface area contributed by atoms with Crippen LogP contribution in [0.5, 0.6) is 0 Å². The predicted molar refractivity (Wildman–Crippen MR) is 56.2 cm³/mol. The molecule has 0 amide bonds. The Balaban J connectivity index is 3.88. The van der Waals surface area contributed by atoms with E-state index in [4.69, 9.17) is 0 Å². The summed E-state index contributed by atoms with van der Waals surface area (Å²) in [6.45, 7) is 1.66. The van der Waals surface area contributed by atoms with E-state index in [1.54, 1.807) is 25.2 Å². The highest BCUT2D eigenvalue weighted by Crippen LogP contribution is 1.98. The van der Waals surface area contributed by atoms with E-state index in [1.807, 2.05) is 0 Å². The smallest absolute Gasteiger partial charge is 0.333 e. The number of hydrogen-bond acceptors (Lipinski definition) is 4. The van der Waals surface area contributed by atoms with Crippen LogP contribution in [-0.2, 0) is 19.1 Å². The summed E-state index contributed by atoms with van der Waals surface area (Å²) in [5, 5.41) is 0. The van der Waals surface area contributed by atoms with Gasteiger partial charge < -0.3 is 9.47 Å². The van der Waals surface area contributed by atoms with E-state index in [2.05, 4.69) is 9.47 Å². The number of ether oxygens (including phenoxy) is 2. The highest BCUT2D eigenvalue weighted by atomic mass is 16.5. The summed E-state index contributed by atoms with van der Waals surface area (Å²) in [5.74, 6) is -0.596. The van der Waals surface area contributed by atoms with Crippen LogP contribution in [-0.4, -0.2) is 26.2 Å². The molecule has 0 radical (unpaired) electrons. The van der Waals surface area contributed by atoms with Gasteiger partial charge in [0.2, 0.25) is 0 Å². The van der Waals surface area contributed by atoms with Gasteiger partial charge >= 0.3 is 11.9 Å². The second kappa shape index (κ2) is 7.79. The van der Waals surface area contributed by atoms with Crippen molar-refractivity contribution in [2.45, 2.75) is 19.8 Å². The van der Waals surface area contributed by atoms with Gasteiger partial charge in [-0.25, -0.2) is 4.79 Å². The Morgan fingerprint density at radius 1 is 1.20 bits per heavy atom. The number of methoxy groups -OCH3 is 2. The van der Waals surface area contributed by atoms with E-state index in [0.717, 1.165) is 0 Å². The molecule has 0 saturated carbocycles. The minimum atomic E-state index is -0.354. The first kappa shape index (κ1) is 13.4. The summed E-state index contributed by atoms with van der Waals surface area (Å²) in [6, 6.07) is 0. The van der Waals surface area contributed by atoms with Crippen molar-refractivity contribution in [2.75, 3.05) is 14.2 Å². The molecule has 0 aromatic heterocycles. The molecule has 0 fully saturated rings. The van der Waals surface area contributed by atoms with Crippen molar-refractivity contribution in [3.8, 4) is 0 Å². The highest BCUT2D eigenvalue weighted by Gasteiger charge is 2.00. The van der Waals surface area contributed by atoms with Gasteiger partial charge in [0.25, 0.3) is 0 Å². The topological polar surface area (TPSA) is 52.6 Å². The van der Waals surface area contributed by atoms with Crippen LogP contribution >= 0.6 is 0 Å². The Bertz CT molecular complexity index is 276. The van der Waals surface area contributed by atoms with Crippen molar-refractivity contribution in [1.29, 1.82) is 0 Å². The molecule has 0 unspecified atom stereocenters. The fraction of sp³-hybridized carbons (Fsp3) is 0.455. The summed E-state index contributed by atoms with van der Waals surface area (Å²) < 4.78 is 8.98. The molecule has 4 heteroatoms. The van der Waals surface area contributed by atoms with Gasteiger partial charge in [-0.15, -0.1) is 0 Å². The number of rotatable bonds is 5. The van der Waals surface area contributed by atoms with E-state index in [1.165, 1.54) is 14.2 Å². The molecule has 0 atom stereocenters. The Hall–Kier alpha value is -1.58. The van der Waals surface area contributed by atoms with Crippen LogP contribution in [0, 0.1) is 0 Å². The van der Waals surface area contributed by atoms with Crippen molar-refractivity contribution in [3.63, 3.8) is 0 Å². The van der Waals surface area contributed by atoms with Crippen molar-refractivity contribution in [2.24, 2.45) is 0 Å². The van der Waals surface area contributed by atoms with Crippen molar-refractivity contribution in [3.05, 3.63) is 23.8 Å². The number of carbonyl (C=O) groups excluding carboxylic acids is 2. The third kappa shape index (κ3) is 6.49. The second-order valence-electron chi connectivity index (χ2n) is 2.88. The van der Waals surface area contributed by atoms with Crippen molar-refractivity contribution < 1.29 is 19.1 Å². The SMILES string of the molecule is COC(=O)CC/C=C/C=C(\C)C(=O)OC. The van der Waals surface area contributed by atoms with E-state index in [9.17, 15) is 9.59 Å². The van der Waals surface area contributed by atoms with Crippen LogP contribution in [0.2, 0.25) is 0 Å². The lowest BCUT2D eigenvalue weighted by atomic mass is 10.2. The zero-order valence-corrected chi connectivity index (χ0v) is 9.28. The van der Waals surface area contributed by atoms with E-state index < -0.39 is 0 Å². The van der Waals surface area contributed by atoms with Crippen molar-refractivity contribution in [1.82, 2.24) is 0 Å². The Morgan fingerprint density at radius 3 is 2.40 bits per heavy atom. The Morgan fingerprint density at radius 2 is 1.87 bits per heavy atom. The maximum Gasteiger partial charge on any atom is 0.333 e. The molecule has 4 nitrogen and oxygen atoms in total. The minimum Gasteiger partial charge on any atom is -0.469 e. The maximum absolute atomic E-state index is 10.9. The summed E-state index contributed by atoms with van der Waals surface area (Å²) in [5.41, 5.74) is 0.520. The highest BCUT2D eigenvalue weighted by molar-refractivity contribution is 5.87. The minimum absolute atomic E-state index is 0.242. The molecular formula is C11H16O4. The molecule has 0 aromatic carbocycles. The quantitative estimate of drug-likeness (QED) is 0.394. The molecule has 15 heavy (non-hydrogen) atoms. The van der Waals surface area contributed by atoms with Gasteiger partial charge in [0.15, 0.2) is 0 Å². The average Bonchev–Trinajstić information content (AvgIpc) is 2.26. The average molecular weight is 212 g/mol. The first-order chi connectivity index (χ1) is 7.11. The summed E-state index contributed by atoms with van der Waals surface area (Å²) >= 11 is 0. The fourth-order valence-corrected chi connectivity index (χ4v) is 0.841. The zero-order valence-electron chi connectivity index (χ0n) is 9.28. The maximum atomic E-state index is 10.9. The van der Waals surface area contributed by atoms with Gasteiger partial charge in [0.05, 0.1) is 14.2 Å². The largest absolute Gasteiger partial charge is 0.469 e. The summed E-state index contributed by atoms with van der Waals surface area (Å²) in [4.78, 5) is 21.6. The third-order valence-electron chi connectivity index (χ3n) is 1.73. The Kier molecular flexibility index (Phi) is 6.97. The lowest BCUT2D eigenvalue weighted by Gasteiger charge is -1.95. The number of allylic oxidation sites excluding steroid dienone is 3. The first-order valence-electron chi connectivity index (χ1n) is 4.60. The van der Waals surface area contributed by atoms with E-state index >= 15 is 0 Å². The molecule has 0 aliphatic heterocycles. The molecule has 0 aliphatic carbocycles. The summed E-state index contributed by atoms with van der Waals surface area (Å²) in [6.07, 6.45) is 6.09. The Labute approximate surface area is 89.6 Å². The van der Waals surface area contributed by atoms with E-state index in [0.29, 0.717) is 18.4 Å². The predicted octanol–water partition coefficient (Wildman–Crippen LogP) is 1.62. The van der Waals surface area contributed by atoms with Gasteiger partial charge in [-0.1, -0.05) is 18.2 Å². The zero-order chi connectivity index (χ0) is 11.7. The molecule has 84 valence electrons. The number of carbonyl (C=O) groups is 2. The molecule has 0 N–H and O–H groups in total. The molecule has 0 aliphatic rings. The fourth-order valence-electron chi connectivity index (χ4n) is 0.841. The van der Waals surface area contributed by atoms with Crippen LogP contribution in [0.1, 0.15) is 19.8 Å². The number of hydrogen-bond donors (Lipinski definition) is 0. The van der Waals surface area contributed by atoms with Crippen LogP contribution in [0.4, 0.5) is 0 Å². The normalized spacial score (nSPS) is 11.5. The lowest BCUT2D eigenvalue weighted by Crippen LogP contribution is -2.00. The second-order valence-corrected chi connectivity index (χ2v) is 2.88. The molecule has 0 bridgehead atoms. The van der Waals surface area contributed by atoms with Crippen LogP contribution < -0.4 is 0 Å². The molecule has 0 rings (SSSR count). The van der Waals surface area contributed by atoms with Crippen molar-refractivity contribution >= 4 is 11.9 Å². The van der Waals surface area contributed by atoms with Gasteiger partial charge in [-0.05, 0) is 13.3 Å². The van der Waals surface area contributed by atoms with Gasteiger partial charge in [-0.3, -0.25) is 4.79 Å². The van der Waals surface area contributed by atoms with Crippen LogP contribution in [0.25, 0.3) is 0 Å². The molecule has 0 heterocycles.